The molecule has 0 aliphatic heterocycles. The lowest BCUT2D eigenvalue weighted by atomic mass is 9.52. The van der Waals surface area contributed by atoms with Gasteiger partial charge in [0.2, 0.25) is 5.88 Å². The fourth-order valence-corrected chi connectivity index (χ4v) is 7.65. The first-order chi connectivity index (χ1) is 18.3. The quantitative estimate of drug-likeness (QED) is 0.330. The van der Waals surface area contributed by atoms with Crippen molar-refractivity contribution >= 4 is 0 Å². The predicted molar refractivity (Wildman–Crippen MR) is 150 cm³/mol. The van der Waals surface area contributed by atoms with Crippen molar-refractivity contribution in [2.75, 3.05) is 7.11 Å². The summed E-state index contributed by atoms with van der Waals surface area (Å²) in [4.78, 5) is 4.06. The van der Waals surface area contributed by atoms with Crippen LogP contribution in [0.3, 0.4) is 0 Å². The van der Waals surface area contributed by atoms with E-state index in [1.165, 1.54) is 67.8 Å². The minimum absolute atomic E-state index is 0.161. The zero-order valence-electron chi connectivity index (χ0n) is 23.3. The normalized spacial score (nSPS) is 25.6. The molecule has 0 amide bonds. The monoisotopic (exact) mass is 513 g/mol. The molecule has 2 aromatic carbocycles. The number of ether oxygens (including phenoxy) is 2. The van der Waals surface area contributed by atoms with Gasteiger partial charge in [-0.25, -0.2) is 9.37 Å². The molecule has 1 aromatic heterocycles. The van der Waals surface area contributed by atoms with Gasteiger partial charge in [0.15, 0.2) is 0 Å². The minimum atomic E-state index is -0.319. The molecule has 6 rings (SSSR count). The second kappa shape index (κ2) is 9.70. The lowest BCUT2D eigenvalue weighted by molar-refractivity contribution is 0.114. The molecule has 0 saturated heterocycles. The number of pyridine rings is 1. The molecule has 38 heavy (non-hydrogen) atoms. The molecule has 3 aromatic rings. The third-order valence-corrected chi connectivity index (χ3v) is 10.1. The van der Waals surface area contributed by atoms with Gasteiger partial charge in [-0.1, -0.05) is 51.5 Å². The summed E-state index contributed by atoms with van der Waals surface area (Å²) in [5, 5.41) is 0. The maximum Gasteiger partial charge on any atom is 0.213 e. The first-order valence-corrected chi connectivity index (χ1v) is 14.4. The van der Waals surface area contributed by atoms with E-state index in [-0.39, 0.29) is 11.2 Å². The molecule has 4 heteroatoms. The summed E-state index contributed by atoms with van der Waals surface area (Å²) in [7, 11) is 1.57. The molecule has 3 nitrogen and oxygen atoms in total. The van der Waals surface area contributed by atoms with Crippen molar-refractivity contribution in [3.8, 4) is 22.8 Å². The van der Waals surface area contributed by atoms with Crippen molar-refractivity contribution in [1.82, 2.24) is 4.98 Å². The number of methoxy groups -OCH3 is 1. The highest BCUT2D eigenvalue weighted by atomic mass is 19.1. The van der Waals surface area contributed by atoms with Gasteiger partial charge < -0.3 is 9.47 Å². The Bertz CT molecular complexity index is 1350. The molecule has 0 radical (unpaired) electrons. The van der Waals surface area contributed by atoms with Crippen LogP contribution in [0.15, 0.2) is 48.7 Å². The van der Waals surface area contributed by atoms with Crippen LogP contribution >= 0.6 is 0 Å². The van der Waals surface area contributed by atoms with E-state index in [9.17, 15) is 0 Å². The predicted octanol–water partition coefficient (Wildman–Crippen LogP) is 8.77. The second-order valence-corrected chi connectivity index (χ2v) is 12.6. The van der Waals surface area contributed by atoms with Crippen LogP contribution in [0, 0.1) is 17.2 Å². The highest BCUT2D eigenvalue weighted by Crippen LogP contribution is 2.55. The van der Waals surface area contributed by atoms with Crippen molar-refractivity contribution in [3.05, 3.63) is 76.7 Å². The Morgan fingerprint density at radius 2 is 1.84 bits per heavy atom. The van der Waals surface area contributed by atoms with Gasteiger partial charge in [-0.05, 0) is 108 Å². The van der Waals surface area contributed by atoms with Gasteiger partial charge in [0.05, 0.1) is 13.3 Å². The Balaban J connectivity index is 1.32. The average Bonchev–Trinajstić information content (AvgIpc) is 3.29. The minimum Gasteiger partial charge on any atom is -0.489 e. The van der Waals surface area contributed by atoms with E-state index in [1.54, 1.807) is 13.2 Å². The molecule has 3 atom stereocenters. The molecule has 200 valence electrons. The van der Waals surface area contributed by atoms with E-state index in [0.717, 1.165) is 29.2 Å². The molecule has 3 aliphatic rings. The van der Waals surface area contributed by atoms with Crippen LogP contribution in [-0.4, -0.2) is 12.1 Å². The molecule has 1 heterocycles. The number of aryl methyl sites for hydroxylation is 1. The third kappa shape index (κ3) is 4.30. The van der Waals surface area contributed by atoms with Crippen LogP contribution in [-0.2, 0) is 18.4 Å². The summed E-state index contributed by atoms with van der Waals surface area (Å²) in [5.74, 6) is 2.19. The molecular formula is C34H40FNO2. The van der Waals surface area contributed by atoms with E-state index in [2.05, 4.69) is 62.2 Å². The molecule has 1 spiro atoms. The van der Waals surface area contributed by atoms with E-state index in [0.29, 0.717) is 29.4 Å². The topological polar surface area (TPSA) is 31.4 Å². The van der Waals surface area contributed by atoms with E-state index < -0.39 is 0 Å². The Kier molecular flexibility index (Phi) is 6.48. The Morgan fingerprint density at radius 1 is 0.974 bits per heavy atom. The summed E-state index contributed by atoms with van der Waals surface area (Å²) in [5.41, 5.74) is 7.38. The van der Waals surface area contributed by atoms with Crippen molar-refractivity contribution in [1.29, 1.82) is 0 Å². The van der Waals surface area contributed by atoms with E-state index in [1.807, 2.05) is 0 Å². The van der Waals surface area contributed by atoms with Crippen LogP contribution in [0.4, 0.5) is 4.39 Å². The summed E-state index contributed by atoms with van der Waals surface area (Å²) < 4.78 is 26.8. The number of fused-ring (bicyclic) bond motifs is 2. The Morgan fingerprint density at radius 3 is 2.55 bits per heavy atom. The summed E-state index contributed by atoms with van der Waals surface area (Å²) in [6.07, 6.45) is 11.2. The number of nitrogens with zero attached hydrogens (tertiary/aromatic N) is 1. The number of benzene rings is 2. The summed E-state index contributed by atoms with van der Waals surface area (Å²) >= 11 is 0. The van der Waals surface area contributed by atoms with Gasteiger partial charge in [0.25, 0.3) is 0 Å². The molecule has 2 fully saturated rings. The molecule has 0 N–H and O–H groups in total. The fourth-order valence-electron chi connectivity index (χ4n) is 7.65. The summed E-state index contributed by atoms with van der Waals surface area (Å²) in [6.45, 7) is 7.60. The number of hydrogen-bond acceptors (Lipinski definition) is 3. The van der Waals surface area contributed by atoms with Crippen molar-refractivity contribution < 1.29 is 13.9 Å². The van der Waals surface area contributed by atoms with Crippen LogP contribution in [0.5, 0.6) is 11.6 Å². The maximum absolute atomic E-state index is 15.0. The second-order valence-electron chi connectivity index (χ2n) is 12.6. The lowest BCUT2D eigenvalue weighted by Crippen LogP contribution is -2.45. The van der Waals surface area contributed by atoms with E-state index >= 15 is 4.39 Å². The van der Waals surface area contributed by atoms with Crippen LogP contribution in [0.1, 0.15) is 93.9 Å². The largest absolute Gasteiger partial charge is 0.489 e. The van der Waals surface area contributed by atoms with Crippen molar-refractivity contribution in [2.45, 2.75) is 90.1 Å². The molecule has 2 saturated carbocycles. The van der Waals surface area contributed by atoms with Crippen LogP contribution in [0.25, 0.3) is 11.1 Å². The van der Waals surface area contributed by atoms with Crippen LogP contribution in [0.2, 0.25) is 0 Å². The SMILES string of the molecule is COc1cc(-c2ccc(COc3ccc4c(c3)[C@]3(CCC4)CC[C@H]3C)cc2[C@@H]2CCCC2(C)C)c(F)cn1. The lowest BCUT2D eigenvalue weighted by Gasteiger charge is -2.52. The van der Waals surface area contributed by atoms with Gasteiger partial charge in [0.1, 0.15) is 18.2 Å². The van der Waals surface area contributed by atoms with Gasteiger partial charge in [-0.2, -0.15) is 0 Å². The van der Waals surface area contributed by atoms with E-state index in [4.69, 9.17) is 9.47 Å². The molecule has 3 aliphatic carbocycles. The smallest absolute Gasteiger partial charge is 0.213 e. The highest BCUT2D eigenvalue weighted by molar-refractivity contribution is 5.70. The summed E-state index contributed by atoms with van der Waals surface area (Å²) in [6, 6.07) is 14.9. The highest BCUT2D eigenvalue weighted by Gasteiger charge is 2.47. The van der Waals surface area contributed by atoms with Gasteiger partial charge >= 0.3 is 0 Å². The zero-order chi connectivity index (χ0) is 26.5. The Hall–Kier alpha value is -2.88. The number of hydrogen-bond donors (Lipinski definition) is 0. The first-order valence-electron chi connectivity index (χ1n) is 14.4. The molecular weight excluding hydrogens is 473 g/mol. The zero-order valence-corrected chi connectivity index (χ0v) is 23.3. The number of halogens is 1. The van der Waals surface area contributed by atoms with Crippen molar-refractivity contribution in [2.24, 2.45) is 11.3 Å². The first kappa shape index (κ1) is 25.4. The average molecular weight is 514 g/mol. The molecule has 0 bridgehead atoms. The standard InChI is InChI=1S/C34H40FNO2/c1-22-13-16-34(22)15-5-7-24-10-11-25(18-30(24)34)38-21-23-9-12-26(28-19-32(37-4)36-20-31(28)35)27(17-23)29-8-6-14-33(29,2)3/h9-12,17-20,22,29H,5-8,13-16,21H2,1-4H3/t22-,29+,34-/m1/s1. The Labute approximate surface area is 226 Å². The number of aromatic nitrogens is 1. The van der Waals surface area contributed by atoms with Crippen molar-refractivity contribution in [3.63, 3.8) is 0 Å². The maximum atomic E-state index is 15.0. The number of rotatable bonds is 6. The van der Waals surface area contributed by atoms with Crippen LogP contribution < -0.4 is 9.47 Å². The van der Waals surface area contributed by atoms with Gasteiger partial charge in [-0.15, -0.1) is 0 Å². The third-order valence-electron chi connectivity index (χ3n) is 10.1. The van der Waals surface area contributed by atoms with Gasteiger partial charge in [0, 0.05) is 11.6 Å². The fraction of sp³-hybridized carbons (Fsp3) is 0.500. The van der Waals surface area contributed by atoms with Gasteiger partial charge in [-0.3, -0.25) is 0 Å². The molecule has 0 unspecified atom stereocenters.